The number of ether oxygens (including phenoxy) is 1. The third-order valence-corrected chi connectivity index (χ3v) is 6.78. The summed E-state index contributed by atoms with van der Waals surface area (Å²) in [6.07, 6.45) is -0.536. The molecule has 0 saturated carbocycles. The molecule has 2 amide bonds. The van der Waals surface area contributed by atoms with Gasteiger partial charge in [0, 0.05) is 0 Å². The normalized spacial score (nSPS) is 13.7. The summed E-state index contributed by atoms with van der Waals surface area (Å²) in [7, 11) is 0. The number of aromatic nitrogens is 2. The number of imide groups is 1. The summed E-state index contributed by atoms with van der Waals surface area (Å²) in [6, 6.07) is 22.1. The third-order valence-electron chi connectivity index (χ3n) is 6.78. The first-order chi connectivity index (χ1) is 18.4. The molecule has 38 heavy (non-hydrogen) atoms. The number of hydrogen-bond donors (Lipinski definition) is 1. The lowest BCUT2D eigenvalue weighted by molar-refractivity contribution is -0.687. The van der Waals surface area contributed by atoms with E-state index in [9.17, 15) is 19.5 Å². The van der Waals surface area contributed by atoms with E-state index in [1.807, 2.05) is 64.6 Å². The molecule has 1 aliphatic rings. The van der Waals surface area contributed by atoms with E-state index in [4.69, 9.17) is 4.74 Å². The Balaban J connectivity index is 1.45. The quantitative estimate of drug-likeness (QED) is 0.211. The summed E-state index contributed by atoms with van der Waals surface area (Å²) < 4.78 is 9.44. The highest BCUT2D eigenvalue weighted by atomic mass is 16.5. The van der Waals surface area contributed by atoms with Gasteiger partial charge in [-0.05, 0) is 49.2 Å². The van der Waals surface area contributed by atoms with Crippen LogP contribution in [0.5, 0.6) is 0 Å². The first kappa shape index (κ1) is 25.4. The monoisotopic (exact) mass is 512 g/mol. The molecule has 0 radical (unpaired) electrons. The second kappa shape index (κ2) is 10.6. The number of fused-ring (bicyclic) bond motifs is 2. The number of aliphatic hydroxyl groups excluding tert-OH is 1. The van der Waals surface area contributed by atoms with Crippen LogP contribution in [0.4, 0.5) is 0 Å². The number of rotatable bonds is 9. The summed E-state index contributed by atoms with van der Waals surface area (Å²) in [5.41, 5.74) is 4.21. The Kier molecular flexibility index (Phi) is 7.07. The number of hydrogen-bond acceptors (Lipinski definition) is 5. The van der Waals surface area contributed by atoms with Crippen LogP contribution >= 0.6 is 0 Å². The Morgan fingerprint density at radius 2 is 1.61 bits per heavy atom. The van der Waals surface area contributed by atoms with E-state index >= 15 is 0 Å². The molecule has 0 fully saturated rings. The number of carbonyl (C=O) groups excluding carboxylic acids is 3. The lowest BCUT2D eigenvalue weighted by Gasteiger charge is -2.13. The number of carbonyl (C=O) groups is 3. The zero-order chi connectivity index (χ0) is 26.8. The van der Waals surface area contributed by atoms with Crippen LogP contribution in [0.2, 0.25) is 0 Å². The van der Waals surface area contributed by atoms with Crippen molar-refractivity contribution in [3.63, 3.8) is 0 Å². The molecule has 1 aromatic heterocycles. The van der Waals surface area contributed by atoms with Gasteiger partial charge in [0.15, 0.2) is 11.0 Å². The van der Waals surface area contributed by atoms with E-state index in [0.717, 1.165) is 28.0 Å². The van der Waals surface area contributed by atoms with Crippen molar-refractivity contribution < 1.29 is 28.8 Å². The van der Waals surface area contributed by atoms with Crippen molar-refractivity contribution >= 4 is 28.8 Å². The van der Waals surface area contributed by atoms with Crippen molar-refractivity contribution in [2.75, 3.05) is 0 Å². The minimum absolute atomic E-state index is 0.0655. The number of amides is 2. The Bertz CT molecular complexity index is 1490. The summed E-state index contributed by atoms with van der Waals surface area (Å²) in [4.78, 5) is 40.0. The van der Waals surface area contributed by atoms with Gasteiger partial charge in [-0.15, -0.1) is 0 Å². The van der Waals surface area contributed by atoms with Crippen molar-refractivity contribution in [1.82, 2.24) is 9.47 Å². The van der Waals surface area contributed by atoms with Crippen LogP contribution in [0.3, 0.4) is 0 Å². The molecule has 0 bridgehead atoms. The summed E-state index contributed by atoms with van der Waals surface area (Å²) in [5.74, 6) is -0.263. The van der Waals surface area contributed by atoms with Gasteiger partial charge < -0.3 is 9.84 Å². The largest absolute Gasteiger partial charge is 0.461 e. The maximum atomic E-state index is 13.1. The minimum atomic E-state index is -0.649. The zero-order valence-corrected chi connectivity index (χ0v) is 21.5. The van der Waals surface area contributed by atoms with Gasteiger partial charge in [0.2, 0.25) is 0 Å². The molecule has 0 spiro atoms. The van der Waals surface area contributed by atoms with Gasteiger partial charge in [-0.3, -0.25) is 19.3 Å². The average molecular weight is 513 g/mol. The van der Waals surface area contributed by atoms with Crippen molar-refractivity contribution in [2.24, 2.45) is 0 Å². The van der Waals surface area contributed by atoms with Crippen LogP contribution < -0.4 is 4.57 Å². The van der Waals surface area contributed by atoms with E-state index in [0.29, 0.717) is 24.2 Å². The van der Waals surface area contributed by atoms with Crippen LogP contribution in [0.25, 0.3) is 11.0 Å². The van der Waals surface area contributed by atoms with Crippen LogP contribution in [0.15, 0.2) is 72.8 Å². The van der Waals surface area contributed by atoms with E-state index in [1.54, 1.807) is 31.2 Å². The molecule has 4 aromatic rings. The number of aryl methyl sites for hydroxylation is 1. The molecule has 1 aliphatic heterocycles. The molecule has 1 unspecified atom stereocenters. The van der Waals surface area contributed by atoms with Crippen molar-refractivity contribution in [2.45, 2.75) is 52.6 Å². The molecular formula is C30H30N3O5+. The lowest BCUT2D eigenvalue weighted by Crippen LogP contribution is -2.45. The average Bonchev–Trinajstić information content (AvgIpc) is 3.33. The predicted molar refractivity (Wildman–Crippen MR) is 140 cm³/mol. The zero-order valence-electron chi connectivity index (χ0n) is 21.5. The van der Waals surface area contributed by atoms with Crippen molar-refractivity contribution in [1.29, 1.82) is 0 Å². The van der Waals surface area contributed by atoms with Gasteiger partial charge >= 0.3 is 5.97 Å². The van der Waals surface area contributed by atoms with Crippen LogP contribution in [0, 0.1) is 0 Å². The predicted octanol–water partition coefficient (Wildman–Crippen LogP) is 3.41. The smallest absolute Gasteiger partial charge is 0.310 e. The molecule has 0 saturated heterocycles. The highest BCUT2D eigenvalue weighted by Crippen LogP contribution is 2.26. The van der Waals surface area contributed by atoms with Crippen molar-refractivity contribution in [3.05, 3.63) is 101 Å². The molecule has 8 heteroatoms. The molecule has 2 heterocycles. The Labute approximate surface area is 220 Å². The molecule has 8 nitrogen and oxygen atoms in total. The highest BCUT2D eigenvalue weighted by molar-refractivity contribution is 6.21. The van der Waals surface area contributed by atoms with Gasteiger partial charge in [-0.2, -0.15) is 0 Å². The minimum Gasteiger partial charge on any atom is -0.461 e. The maximum Gasteiger partial charge on any atom is 0.310 e. The molecule has 194 valence electrons. The number of esters is 1. The van der Waals surface area contributed by atoms with E-state index < -0.39 is 6.10 Å². The molecule has 1 atom stereocenters. The number of imidazole rings is 1. The maximum absolute atomic E-state index is 13.1. The van der Waals surface area contributed by atoms with E-state index in [-0.39, 0.29) is 37.4 Å². The third kappa shape index (κ3) is 4.82. The SMILES string of the molecule is CCn1c(CN2C(=O)c3ccccc3C2=O)[n+](CC(C)O)c2ccc(CC(=O)OCc3ccccc3)cc21. The fourth-order valence-electron chi connectivity index (χ4n) is 5.02. The van der Waals surface area contributed by atoms with Gasteiger partial charge in [-0.1, -0.05) is 48.5 Å². The Hall–Kier alpha value is -4.30. The summed E-state index contributed by atoms with van der Waals surface area (Å²) in [6.45, 7) is 4.83. The van der Waals surface area contributed by atoms with Crippen LogP contribution in [0.1, 0.15) is 51.5 Å². The van der Waals surface area contributed by atoms with Gasteiger partial charge in [0.25, 0.3) is 17.6 Å². The Morgan fingerprint density at radius 3 is 2.24 bits per heavy atom. The first-order valence-electron chi connectivity index (χ1n) is 12.7. The molecule has 1 N–H and O–H groups in total. The van der Waals surface area contributed by atoms with Crippen LogP contribution in [-0.4, -0.2) is 38.5 Å². The molecule has 5 rings (SSSR count). The van der Waals surface area contributed by atoms with Gasteiger partial charge in [-0.25, -0.2) is 9.13 Å². The first-order valence-corrected chi connectivity index (χ1v) is 12.7. The van der Waals surface area contributed by atoms with E-state index in [2.05, 4.69) is 0 Å². The number of benzene rings is 3. The highest BCUT2D eigenvalue weighted by Gasteiger charge is 2.38. The van der Waals surface area contributed by atoms with Crippen LogP contribution in [-0.2, 0) is 42.2 Å². The van der Waals surface area contributed by atoms with Gasteiger partial charge in [0.05, 0.1) is 30.2 Å². The standard InChI is InChI=1S/C30H30N3O5/c1-3-31-26-15-22(16-28(35)38-19-21-9-5-4-6-10-21)13-14-25(26)32(17-20(2)34)27(31)18-33-29(36)23-11-7-8-12-24(23)30(33)37/h4-15,20,34H,3,16-19H2,1-2H3/q+1. The summed E-state index contributed by atoms with van der Waals surface area (Å²) >= 11 is 0. The fraction of sp³-hybridized carbons (Fsp3) is 0.267. The molecular weight excluding hydrogens is 482 g/mol. The number of aliphatic hydroxyl groups is 1. The fourth-order valence-corrected chi connectivity index (χ4v) is 5.02. The van der Waals surface area contributed by atoms with Crippen molar-refractivity contribution in [3.8, 4) is 0 Å². The summed E-state index contributed by atoms with van der Waals surface area (Å²) in [5, 5.41) is 10.3. The van der Waals surface area contributed by atoms with Gasteiger partial charge in [0.1, 0.15) is 19.7 Å². The second-order valence-corrected chi connectivity index (χ2v) is 9.51. The molecule has 3 aromatic carbocycles. The lowest BCUT2D eigenvalue weighted by atomic mass is 10.1. The topological polar surface area (TPSA) is 92.7 Å². The second-order valence-electron chi connectivity index (χ2n) is 9.51. The molecule has 0 aliphatic carbocycles. The Morgan fingerprint density at radius 1 is 0.947 bits per heavy atom. The van der Waals surface area contributed by atoms with E-state index in [1.165, 1.54) is 4.90 Å². The number of nitrogens with zero attached hydrogens (tertiary/aromatic N) is 3.